The highest BCUT2D eigenvalue weighted by Gasteiger charge is 2.12. The molecule has 4 nitrogen and oxygen atoms in total. The van der Waals surface area contributed by atoms with E-state index in [9.17, 15) is 4.79 Å². The van der Waals surface area contributed by atoms with E-state index in [0.717, 1.165) is 16.9 Å². The predicted octanol–water partition coefficient (Wildman–Crippen LogP) is 3.40. The van der Waals surface area contributed by atoms with E-state index in [1.807, 2.05) is 36.4 Å². The molecule has 0 unspecified atom stereocenters. The van der Waals surface area contributed by atoms with E-state index in [1.165, 1.54) is 5.56 Å². The molecule has 1 heterocycles. The summed E-state index contributed by atoms with van der Waals surface area (Å²) in [7, 11) is 1.80. The monoisotopic (exact) mass is 309 g/mol. The van der Waals surface area contributed by atoms with Gasteiger partial charge < -0.3 is 14.4 Å². The molecule has 0 saturated heterocycles. The SMILES string of the molecule is Cc1ccccc1CN(C)C(=O)/C=C/c1ccc2c(c1)OCO2. The van der Waals surface area contributed by atoms with Crippen molar-refractivity contribution in [2.45, 2.75) is 13.5 Å². The molecule has 0 spiro atoms. The van der Waals surface area contributed by atoms with E-state index in [0.29, 0.717) is 12.3 Å². The van der Waals surface area contributed by atoms with Gasteiger partial charge in [-0.2, -0.15) is 0 Å². The van der Waals surface area contributed by atoms with E-state index in [2.05, 4.69) is 13.0 Å². The molecule has 1 aliphatic rings. The van der Waals surface area contributed by atoms with Crippen LogP contribution in [0.1, 0.15) is 16.7 Å². The summed E-state index contributed by atoms with van der Waals surface area (Å²) in [6.45, 7) is 2.90. The van der Waals surface area contributed by atoms with E-state index < -0.39 is 0 Å². The zero-order valence-electron chi connectivity index (χ0n) is 13.3. The Kier molecular flexibility index (Phi) is 4.33. The number of hydrogen-bond acceptors (Lipinski definition) is 3. The smallest absolute Gasteiger partial charge is 0.246 e. The quantitative estimate of drug-likeness (QED) is 0.813. The second-order valence-corrected chi connectivity index (χ2v) is 5.57. The highest BCUT2D eigenvalue weighted by molar-refractivity contribution is 5.91. The van der Waals surface area contributed by atoms with Crippen molar-refractivity contribution in [2.75, 3.05) is 13.8 Å². The van der Waals surface area contributed by atoms with E-state index in [-0.39, 0.29) is 12.7 Å². The highest BCUT2D eigenvalue weighted by Crippen LogP contribution is 2.32. The standard InChI is InChI=1S/C19H19NO3/c1-14-5-3-4-6-16(14)12-20(2)19(21)10-8-15-7-9-17-18(11-15)23-13-22-17/h3-11H,12-13H2,1-2H3/b10-8+. The molecule has 0 aromatic heterocycles. The molecule has 1 amide bonds. The van der Waals surface area contributed by atoms with Crippen LogP contribution in [0.4, 0.5) is 0 Å². The van der Waals surface area contributed by atoms with Gasteiger partial charge in [-0.3, -0.25) is 4.79 Å². The molecule has 2 aromatic rings. The summed E-state index contributed by atoms with van der Waals surface area (Å²) < 4.78 is 10.6. The maximum absolute atomic E-state index is 12.2. The van der Waals surface area contributed by atoms with E-state index >= 15 is 0 Å². The summed E-state index contributed by atoms with van der Waals surface area (Å²) in [5, 5.41) is 0. The summed E-state index contributed by atoms with van der Waals surface area (Å²) >= 11 is 0. The lowest BCUT2D eigenvalue weighted by Gasteiger charge is -2.16. The molecule has 0 fully saturated rings. The lowest BCUT2D eigenvalue weighted by atomic mass is 10.1. The highest BCUT2D eigenvalue weighted by atomic mass is 16.7. The molecular formula is C19H19NO3. The maximum Gasteiger partial charge on any atom is 0.246 e. The minimum absolute atomic E-state index is 0.0362. The summed E-state index contributed by atoms with van der Waals surface area (Å²) in [6.07, 6.45) is 3.37. The second-order valence-electron chi connectivity index (χ2n) is 5.57. The molecule has 2 aromatic carbocycles. The van der Waals surface area contributed by atoms with Gasteiger partial charge in [0, 0.05) is 19.7 Å². The van der Waals surface area contributed by atoms with Gasteiger partial charge in [0.15, 0.2) is 11.5 Å². The number of benzene rings is 2. The number of carbonyl (C=O) groups excluding carboxylic acids is 1. The van der Waals surface area contributed by atoms with Crippen LogP contribution >= 0.6 is 0 Å². The molecule has 3 rings (SSSR count). The largest absolute Gasteiger partial charge is 0.454 e. The van der Waals surface area contributed by atoms with Crippen LogP contribution in [0.25, 0.3) is 6.08 Å². The van der Waals surface area contributed by atoms with Gasteiger partial charge in [0.25, 0.3) is 0 Å². The first-order chi connectivity index (χ1) is 11.1. The van der Waals surface area contributed by atoms with Crippen molar-refractivity contribution >= 4 is 12.0 Å². The van der Waals surface area contributed by atoms with Crippen molar-refractivity contribution < 1.29 is 14.3 Å². The van der Waals surface area contributed by atoms with E-state index in [1.54, 1.807) is 24.1 Å². The fourth-order valence-corrected chi connectivity index (χ4v) is 2.43. The minimum atomic E-state index is -0.0362. The average molecular weight is 309 g/mol. The van der Waals surface area contributed by atoms with Gasteiger partial charge in [-0.1, -0.05) is 30.3 Å². The molecule has 23 heavy (non-hydrogen) atoms. The third-order valence-electron chi connectivity index (χ3n) is 3.86. The second kappa shape index (κ2) is 6.57. The summed E-state index contributed by atoms with van der Waals surface area (Å²) in [4.78, 5) is 13.9. The topological polar surface area (TPSA) is 38.8 Å². The number of fused-ring (bicyclic) bond motifs is 1. The molecule has 4 heteroatoms. The third-order valence-corrected chi connectivity index (χ3v) is 3.86. The fraction of sp³-hybridized carbons (Fsp3) is 0.211. The minimum Gasteiger partial charge on any atom is -0.454 e. The van der Waals surface area contributed by atoms with Crippen molar-refractivity contribution in [3.8, 4) is 11.5 Å². The molecule has 0 radical (unpaired) electrons. The van der Waals surface area contributed by atoms with Crippen molar-refractivity contribution in [2.24, 2.45) is 0 Å². The first-order valence-corrected chi connectivity index (χ1v) is 7.51. The van der Waals surface area contributed by atoms with Crippen molar-refractivity contribution in [3.63, 3.8) is 0 Å². The Morgan fingerprint density at radius 3 is 2.78 bits per heavy atom. The fourth-order valence-electron chi connectivity index (χ4n) is 2.43. The van der Waals surface area contributed by atoms with Crippen LogP contribution in [0.3, 0.4) is 0 Å². The van der Waals surface area contributed by atoms with Crippen LogP contribution in [-0.4, -0.2) is 24.6 Å². The van der Waals surface area contributed by atoms with Crippen LogP contribution < -0.4 is 9.47 Å². The van der Waals surface area contributed by atoms with E-state index in [4.69, 9.17) is 9.47 Å². The zero-order chi connectivity index (χ0) is 16.2. The lowest BCUT2D eigenvalue weighted by Crippen LogP contribution is -2.24. The Hall–Kier alpha value is -2.75. The molecule has 0 N–H and O–H groups in total. The van der Waals surface area contributed by atoms with Crippen LogP contribution in [0.2, 0.25) is 0 Å². The molecule has 118 valence electrons. The number of hydrogen-bond donors (Lipinski definition) is 0. The van der Waals surface area contributed by atoms with Gasteiger partial charge in [0.1, 0.15) is 0 Å². The molecular weight excluding hydrogens is 290 g/mol. The molecule has 0 saturated carbocycles. The number of ether oxygens (including phenoxy) is 2. The molecule has 0 aliphatic carbocycles. The van der Waals surface area contributed by atoms with Crippen molar-refractivity contribution in [1.82, 2.24) is 4.90 Å². The third kappa shape index (κ3) is 3.54. The van der Waals surface area contributed by atoms with Crippen LogP contribution in [0.5, 0.6) is 11.5 Å². The number of amides is 1. The number of likely N-dealkylation sites (N-methyl/N-ethyl adjacent to an activating group) is 1. The van der Waals surface area contributed by atoms with Crippen LogP contribution in [0, 0.1) is 6.92 Å². The number of nitrogens with zero attached hydrogens (tertiary/aromatic N) is 1. The Balaban J connectivity index is 1.65. The average Bonchev–Trinajstić information content (AvgIpc) is 3.02. The molecule has 0 atom stereocenters. The van der Waals surface area contributed by atoms with Crippen LogP contribution in [-0.2, 0) is 11.3 Å². The Bertz CT molecular complexity index is 752. The van der Waals surface area contributed by atoms with Gasteiger partial charge in [0.05, 0.1) is 0 Å². The maximum atomic E-state index is 12.2. The predicted molar refractivity (Wildman–Crippen MR) is 89.3 cm³/mol. The van der Waals surface area contributed by atoms with Crippen molar-refractivity contribution in [3.05, 3.63) is 65.2 Å². The zero-order valence-corrected chi connectivity index (χ0v) is 13.3. The Morgan fingerprint density at radius 2 is 1.96 bits per heavy atom. The van der Waals surface area contributed by atoms with Gasteiger partial charge in [-0.05, 0) is 41.8 Å². The van der Waals surface area contributed by atoms with Gasteiger partial charge in [-0.15, -0.1) is 0 Å². The summed E-state index contributed by atoms with van der Waals surface area (Å²) in [6, 6.07) is 13.7. The summed E-state index contributed by atoms with van der Waals surface area (Å²) in [5.41, 5.74) is 3.25. The molecule has 1 aliphatic heterocycles. The number of aryl methyl sites for hydroxylation is 1. The Labute approximate surface area is 135 Å². The van der Waals surface area contributed by atoms with Gasteiger partial charge in [-0.25, -0.2) is 0 Å². The van der Waals surface area contributed by atoms with Gasteiger partial charge >= 0.3 is 0 Å². The van der Waals surface area contributed by atoms with Crippen LogP contribution in [0.15, 0.2) is 48.5 Å². The molecule has 0 bridgehead atoms. The van der Waals surface area contributed by atoms with Crippen molar-refractivity contribution in [1.29, 1.82) is 0 Å². The number of rotatable bonds is 4. The normalized spacial score (nSPS) is 12.6. The van der Waals surface area contributed by atoms with Gasteiger partial charge in [0.2, 0.25) is 12.7 Å². The summed E-state index contributed by atoms with van der Waals surface area (Å²) in [5.74, 6) is 1.42. The Morgan fingerprint density at radius 1 is 1.17 bits per heavy atom. The first-order valence-electron chi connectivity index (χ1n) is 7.51. The number of carbonyl (C=O) groups is 1. The lowest BCUT2D eigenvalue weighted by molar-refractivity contribution is -0.125. The first kappa shape index (κ1) is 15.2.